The van der Waals surface area contributed by atoms with Gasteiger partial charge in [0.2, 0.25) is 0 Å². The average molecular weight is 266 g/mol. The van der Waals surface area contributed by atoms with Gasteiger partial charge in [-0.1, -0.05) is 13.8 Å². The van der Waals surface area contributed by atoms with E-state index in [9.17, 15) is 4.79 Å². The molecule has 2 heterocycles. The molecule has 2 N–H and O–H groups in total. The second-order valence-electron chi connectivity index (χ2n) is 4.82. The number of amides is 1. The normalized spacial score (nSPS) is 19.7. The molecule has 2 rings (SSSR count). The molecule has 1 aliphatic heterocycles. The van der Waals surface area contributed by atoms with Crippen LogP contribution in [0, 0.1) is 0 Å². The largest absolute Gasteiger partial charge is 0.395 e. The zero-order chi connectivity index (χ0) is 14.0. The van der Waals surface area contributed by atoms with E-state index in [1.165, 1.54) is 0 Å². The Labute approximate surface area is 113 Å². The van der Waals surface area contributed by atoms with Gasteiger partial charge in [-0.25, -0.2) is 0 Å². The van der Waals surface area contributed by atoms with Crippen LogP contribution in [0.2, 0.25) is 0 Å². The van der Waals surface area contributed by atoms with Crippen molar-refractivity contribution >= 4 is 11.6 Å². The van der Waals surface area contributed by atoms with Crippen molar-refractivity contribution in [1.82, 2.24) is 14.7 Å². The molecule has 106 valence electrons. The average Bonchev–Trinajstić information content (AvgIpc) is 2.72. The first-order chi connectivity index (χ1) is 9.10. The first kappa shape index (κ1) is 13.9. The zero-order valence-electron chi connectivity index (χ0n) is 11.8. The number of carbonyl (C=O) groups excluding carboxylic acids is 1. The third kappa shape index (κ3) is 2.45. The number of hydrogen-bond donors (Lipinski definition) is 1. The number of morpholine rings is 1. The number of nitrogens with zero attached hydrogens (tertiary/aromatic N) is 3. The zero-order valence-corrected chi connectivity index (χ0v) is 11.8. The van der Waals surface area contributed by atoms with Crippen LogP contribution in [-0.2, 0) is 18.2 Å². The number of anilines is 1. The fourth-order valence-corrected chi connectivity index (χ4v) is 2.51. The summed E-state index contributed by atoms with van der Waals surface area (Å²) in [6.07, 6.45) is 1.61. The van der Waals surface area contributed by atoms with Crippen LogP contribution in [0.5, 0.6) is 0 Å². The van der Waals surface area contributed by atoms with E-state index < -0.39 is 0 Å². The Bertz CT molecular complexity index is 469. The number of nitrogen functional groups attached to an aromatic ring is 1. The van der Waals surface area contributed by atoms with Gasteiger partial charge in [0, 0.05) is 13.6 Å². The third-order valence-corrected chi connectivity index (χ3v) is 3.66. The van der Waals surface area contributed by atoms with Gasteiger partial charge in [0.25, 0.3) is 5.91 Å². The molecule has 6 heteroatoms. The van der Waals surface area contributed by atoms with Crippen LogP contribution in [0.3, 0.4) is 0 Å². The number of ether oxygens (including phenoxy) is 1. The summed E-state index contributed by atoms with van der Waals surface area (Å²) < 4.78 is 7.02. The van der Waals surface area contributed by atoms with Crippen LogP contribution in [0.1, 0.15) is 36.5 Å². The van der Waals surface area contributed by atoms with Gasteiger partial charge in [-0.2, -0.15) is 5.10 Å². The summed E-state index contributed by atoms with van der Waals surface area (Å²) in [5.74, 6) is -0.0395. The first-order valence-electron chi connectivity index (χ1n) is 6.80. The van der Waals surface area contributed by atoms with Crippen molar-refractivity contribution in [2.75, 3.05) is 25.5 Å². The molecule has 1 fully saturated rings. The quantitative estimate of drug-likeness (QED) is 0.879. The van der Waals surface area contributed by atoms with Crippen LogP contribution < -0.4 is 5.73 Å². The van der Waals surface area contributed by atoms with Crippen molar-refractivity contribution < 1.29 is 9.53 Å². The standard InChI is InChI=1S/C13H22N4O2/c1-4-9-8-19-7-6-17(9)13(18)12-11(14)10(5-2)15-16(12)3/h9H,4-8,14H2,1-3H3. The SMILES string of the molecule is CCc1nn(C)c(C(=O)N2CCOCC2CC)c1N. The summed E-state index contributed by atoms with van der Waals surface area (Å²) in [5.41, 5.74) is 7.84. The molecule has 0 aromatic carbocycles. The molecule has 1 unspecified atom stereocenters. The van der Waals surface area contributed by atoms with Crippen LogP contribution in [0.25, 0.3) is 0 Å². The lowest BCUT2D eigenvalue weighted by atomic mass is 10.1. The highest BCUT2D eigenvalue weighted by atomic mass is 16.5. The minimum atomic E-state index is -0.0395. The molecule has 1 aromatic rings. The lowest BCUT2D eigenvalue weighted by Gasteiger charge is -2.35. The van der Waals surface area contributed by atoms with Crippen LogP contribution in [0.15, 0.2) is 0 Å². The monoisotopic (exact) mass is 266 g/mol. The fourth-order valence-electron chi connectivity index (χ4n) is 2.51. The number of rotatable bonds is 3. The van der Waals surface area contributed by atoms with E-state index in [1.807, 2.05) is 11.8 Å². The molecule has 6 nitrogen and oxygen atoms in total. The molecule has 1 aliphatic rings. The van der Waals surface area contributed by atoms with Crippen molar-refractivity contribution in [3.8, 4) is 0 Å². The van der Waals surface area contributed by atoms with Gasteiger partial charge in [0.15, 0.2) is 0 Å². The number of hydrogen-bond acceptors (Lipinski definition) is 4. The van der Waals surface area contributed by atoms with Gasteiger partial charge < -0.3 is 15.4 Å². The maximum absolute atomic E-state index is 12.7. The molecular weight excluding hydrogens is 244 g/mol. The van der Waals surface area contributed by atoms with Crippen molar-refractivity contribution in [1.29, 1.82) is 0 Å². The molecule has 0 saturated carbocycles. The molecule has 0 radical (unpaired) electrons. The van der Waals surface area contributed by atoms with Crippen molar-refractivity contribution in [2.24, 2.45) is 7.05 Å². The van der Waals surface area contributed by atoms with Crippen LogP contribution in [0.4, 0.5) is 5.69 Å². The summed E-state index contributed by atoms with van der Waals surface area (Å²) in [4.78, 5) is 14.5. The van der Waals surface area contributed by atoms with E-state index >= 15 is 0 Å². The van der Waals surface area contributed by atoms with E-state index in [0.29, 0.717) is 31.1 Å². The lowest BCUT2D eigenvalue weighted by Crippen LogP contribution is -2.49. The highest BCUT2D eigenvalue weighted by molar-refractivity contribution is 5.98. The van der Waals surface area contributed by atoms with E-state index in [0.717, 1.165) is 18.5 Å². The smallest absolute Gasteiger partial charge is 0.274 e. The van der Waals surface area contributed by atoms with E-state index in [4.69, 9.17) is 10.5 Å². The van der Waals surface area contributed by atoms with E-state index in [1.54, 1.807) is 11.7 Å². The second-order valence-corrected chi connectivity index (χ2v) is 4.82. The van der Waals surface area contributed by atoms with E-state index in [2.05, 4.69) is 12.0 Å². The Kier molecular flexibility index (Phi) is 4.09. The third-order valence-electron chi connectivity index (χ3n) is 3.66. The van der Waals surface area contributed by atoms with Gasteiger partial charge in [-0.05, 0) is 12.8 Å². The predicted molar refractivity (Wildman–Crippen MR) is 72.9 cm³/mol. The molecule has 1 amide bonds. The summed E-state index contributed by atoms with van der Waals surface area (Å²) in [6.45, 7) is 5.84. The Morgan fingerprint density at radius 1 is 1.53 bits per heavy atom. The van der Waals surface area contributed by atoms with Crippen molar-refractivity contribution in [3.63, 3.8) is 0 Å². The minimum Gasteiger partial charge on any atom is -0.395 e. The predicted octanol–water partition coefficient (Wildman–Crippen LogP) is 0.816. The topological polar surface area (TPSA) is 73.4 Å². The highest BCUT2D eigenvalue weighted by Crippen LogP contribution is 2.21. The molecular formula is C13H22N4O2. The Hall–Kier alpha value is -1.56. The Balaban J connectivity index is 2.30. The molecule has 0 bridgehead atoms. The maximum Gasteiger partial charge on any atom is 0.274 e. The number of nitrogens with two attached hydrogens (primary N) is 1. The summed E-state index contributed by atoms with van der Waals surface area (Å²) in [5, 5.41) is 4.31. The minimum absolute atomic E-state index is 0.0395. The van der Waals surface area contributed by atoms with Crippen LogP contribution in [-0.4, -0.2) is 46.4 Å². The number of carbonyl (C=O) groups is 1. The van der Waals surface area contributed by atoms with E-state index in [-0.39, 0.29) is 11.9 Å². The van der Waals surface area contributed by atoms with Gasteiger partial charge in [0.05, 0.1) is 30.6 Å². The second kappa shape index (κ2) is 5.61. The highest BCUT2D eigenvalue weighted by Gasteiger charge is 2.30. The van der Waals surface area contributed by atoms with Gasteiger partial charge >= 0.3 is 0 Å². The lowest BCUT2D eigenvalue weighted by molar-refractivity contribution is -0.00330. The molecule has 1 saturated heterocycles. The van der Waals surface area contributed by atoms with Gasteiger partial charge in [-0.15, -0.1) is 0 Å². The maximum atomic E-state index is 12.7. The number of aryl methyl sites for hydroxylation is 2. The molecule has 1 aromatic heterocycles. The number of aromatic nitrogens is 2. The van der Waals surface area contributed by atoms with Gasteiger partial charge in [-0.3, -0.25) is 9.48 Å². The van der Waals surface area contributed by atoms with Gasteiger partial charge in [0.1, 0.15) is 5.69 Å². The molecule has 1 atom stereocenters. The van der Waals surface area contributed by atoms with Crippen LogP contribution >= 0.6 is 0 Å². The molecule has 0 aliphatic carbocycles. The van der Waals surface area contributed by atoms with Crippen molar-refractivity contribution in [3.05, 3.63) is 11.4 Å². The summed E-state index contributed by atoms with van der Waals surface area (Å²) in [7, 11) is 1.77. The summed E-state index contributed by atoms with van der Waals surface area (Å²) >= 11 is 0. The van der Waals surface area contributed by atoms with Crippen molar-refractivity contribution in [2.45, 2.75) is 32.7 Å². The Morgan fingerprint density at radius 2 is 2.26 bits per heavy atom. The molecule has 0 spiro atoms. The summed E-state index contributed by atoms with van der Waals surface area (Å²) in [6, 6.07) is 0.126. The molecule has 19 heavy (non-hydrogen) atoms. The first-order valence-corrected chi connectivity index (χ1v) is 6.80. The fraction of sp³-hybridized carbons (Fsp3) is 0.692. The Morgan fingerprint density at radius 3 is 2.84 bits per heavy atom.